The maximum absolute atomic E-state index is 13.7. The van der Waals surface area contributed by atoms with Gasteiger partial charge in [0.15, 0.2) is 11.6 Å². The smallest absolute Gasteiger partial charge is 0.165 e. The van der Waals surface area contributed by atoms with Gasteiger partial charge in [-0.25, -0.2) is 4.39 Å². The molecule has 0 amide bonds. The highest BCUT2D eigenvalue weighted by Gasteiger charge is 2.09. The second kappa shape index (κ2) is 6.17. The van der Waals surface area contributed by atoms with Crippen LogP contribution in [0.15, 0.2) is 48.5 Å². The van der Waals surface area contributed by atoms with Crippen LogP contribution in [-0.2, 0) is 13.0 Å². The van der Waals surface area contributed by atoms with Crippen molar-refractivity contribution >= 4 is 0 Å². The van der Waals surface area contributed by atoms with Crippen LogP contribution >= 0.6 is 0 Å². The van der Waals surface area contributed by atoms with Gasteiger partial charge in [-0.05, 0) is 30.2 Å². The first-order valence-corrected chi connectivity index (χ1v) is 5.95. The number of benzene rings is 2. The van der Waals surface area contributed by atoms with Crippen molar-refractivity contribution in [3.05, 3.63) is 65.5 Å². The zero-order valence-corrected chi connectivity index (χ0v) is 10.1. The van der Waals surface area contributed by atoms with Gasteiger partial charge in [0, 0.05) is 0 Å². The number of ether oxygens (including phenoxy) is 1. The lowest BCUT2D eigenvalue weighted by atomic mass is 10.1. The highest BCUT2D eigenvalue weighted by molar-refractivity contribution is 5.35. The van der Waals surface area contributed by atoms with Crippen molar-refractivity contribution < 1.29 is 9.13 Å². The third-order valence-electron chi connectivity index (χ3n) is 2.69. The molecule has 0 fully saturated rings. The van der Waals surface area contributed by atoms with Gasteiger partial charge in [-0.1, -0.05) is 42.5 Å². The number of halogens is 1. The van der Waals surface area contributed by atoms with E-state index in [0.717, 1.165) is 11.1 Å². The molecule has 2 rings (SSSR count). The third-order valence-corrected chi connectivity index (χ3v) is 2.69. The summed E-state index contributed by atoms with van der Waals surface area (Å²) in [5.74, 6) is -0.0244. The van der Waals surface area contributed by atoms with Gasteiger partial charge in [-0.15, -0.1) is 0 Å². The zero-order chi connectivity index (χ0) is 12.8. The first-order valence-electron chi connectivity index (χ1n) is 5.95. The minimum atomic E-state index is -0.336. The summed E-state index contributed by atoms with van der Waals surface area (Å²) in [5, 5.41) is 0. The first-order chi connectivity index (χ1) is 8.81. The quantitative estimate of drug-likeness (QED) is 0.879. The molecule has 3 heteroatoms. The lowest BCUT2D eigenvalue weighted by Crippen LogP contribution is -2.06. The summed E-state index contributed by atoms with van der Waals surface area (Å²) < 4.78 is 19.3. The van der Waals surface area contributed by atoms with E-state index in [4.69, 9.17) is 10.5 Å². The first kappa shape index (κ1) is 12.6. The van der Waals surface area contributed by atoms with Gasteiger partial charge < -0.3 is 10.5 Å². The van der Waals surface area contributed by atoms with Crippen molar-refractivity contribution in [1.82, 2.24) is 0 Å². The molecule has 0 aliphatic carbocycles. The minimum Gasteiger partial charge on any atom is -0.486 e. The second-order valence-electron chi connectivity index (χ2n) is 4.04. The average Bonchev–Trinajstić information content (AvgIpc) is 2.40. The van der Waals surface area contributed by atoms with Gasteiger partial charge in [0.2, 0.25) is 0 Å². The third kappa shape index (κ3) is 3.08. The molecule has 2 nitrogen and oxygen atoms in total. The van der Waals surface area contributed by atoms with E-state index in [9.17, 15) is 4.39 Å². The van der Waals surface area contributed by atoms with E-state index in [1.54, 1.807) is 6.07 Å². The molecule has 0 aromatic heterocycles. The van der Waals surface area contributed by atoms with Crippen LogP contribution in [0.2, 0.25) is 0 Å². The zero-order valence-electron chi connectivity index (χ0n) is 10.1. The van der Waals surface area contributed by atoms with Crippen molar-refractivity contribution in [1.29, 1.82) is 0 Å². The van der Waals surface area contributed by atoms with E-state index in [1.807, 2.05) is 36.4 Å². The molecule has 94 valence electrons. The highest BCUT2D eigenvalue weighted by Crippen LogP contribution is 2.24. The molecule has 2 aromatic carbocycles. The molecule has 2 aromatic rings. The summed E-state index contributed by atoms with van der Waals surface area (Å²) in [5.41, 5.74) is 7.34. The maximum Gasteiger partial charge on any atom is 0.165 e. The van der Waals surface area contributed by atoms with Crippen molar-refractivity contribution in [2.45, 2.75) is 13.0 Å². The van der Waals surface area contributed by atoms with Crippen molar-refractivity contribution in [3.63, 3.8) is 0 Å². The summed E-state index contributed by atoms with van der Waals surface area (Å²) in [6.07, 6.45) is 0.613. The van der Waals surface area contributed by atoms with Crippen molar-refractivity contribution in [3.8, 4) is 5.75 Å². The molecule has 0 atom stereocenters. The summed E-state index contributed by atoms with van der Waals surface area (Å²) >= 11 is 0. The Morgan fingerprint density at radius 3 is 2.50 bits per heavy atom. The van der Waals surface area contributed by atoms with E-state index >= 15 is 0 Å². The van der Waals surface area contributed by atoms with Crippen LogP contribution < -0.4 is 10.5 Å². The molecule has 0 heterocycles. The highest BCUT2D eigenvalue weighted by atomic mass is 19.1. The molecular formula is C15H16FNO. The molecule has 0 aliphatic rings. The van der Waals surface area contributed by atoms with Gasteiger partial charge in [0.05, 0.1) is 0 Å². The lowest BCUT2D eigenvalue weighted by Gasteiger charge is -2.11. The number of hydrogen-bond donors (Lipinski definition) is 1. The Balaban J connectivity index is 2.13. The number of hydrogen-bond acceptors (Lipinski definition) is 2. The molecule has 0 bridgehead atoms. The summed E-state index contributed by atoms with van der Waals surface area (Å²) in [6.45, 7) is 0.838. The fraction of sp³-hybridized carbons (Fsp3) is 0.200. The predicted molar refractivity (Wildman–Crippen MR) is 69.9 cm³/mol. The van der Waals surface area contributed by atoms with E-state index < -0.39 is 0 Å². The van der Waals surface area contributed by atoms with Crippen LogP contribution in [-0.4, -0.2) is 6.54 Å². The summed E-state index contributed by atoms with van der Waals surface area (Å²) in [4.78, 5) is 0. The predicted octanol–water partition coefficient (Wildman–Crippen LogP) is 2.91. The van der Waals surface area contributed by atoms with Crippen LogP contribution in [0.25, 0.3) is 0 Å². The van der Waals surface area contributed by atoms with Gasteiger partial charge in [-0.2, -0.15) is 0 Å². The normalized spacial score (nSPS) is 10.3. The molecule has 0 unspecified atom stereocenters. The number of rotatable bonds is 5. The molecule has 2 N–H and O–H groups in total. The molecule has 0 saturated carbocycles. The molecular weight excluding hydrogens is 229 g/mol. The van der Waals surface area contributed by atoms with Crippen LogP contribution in [0.5, 0.6) is 5.75 Å². The largest absolute Gasteiger partial charge is 0.486 e. The van der Waals surface area contributed by atoms with Gasteiger partial charge in [0.25, 0.3) is 0 Å². The standard InChI is InChI=1S/C15H16FNO/c16-14-8-4-7-13(9-10-17)15(14)18-11-12-5-2-1-3-6-12/h1-8H,9-11,17H2. The van der Waals surface area contributed by atoms with E-state index in [2.05, 4.69) is 0 Å². The maximum atomic E-state index is 13.7. The van der Waals surface area contributed by atoms with Gasteiger partial charge in [-0.3, -0.25) is 0 Å². The molecule has 18 heavy (non-hydrogen) atoms. The lowest BCUT2D eigenvalue weighted by molar-refractivity contribution is 0.287. The van der Waals surface area contributed by atoms with Crippen LogP contribution in [0.3, 0.4) is 0 Å². The van der Waals surface area contributed by atoms with Gasteiger partial charge >= 0.3 is 0 Å². The van der Waals surface area contributed by atoms with E-state index in [0.29, 0.717) is 25.3 Å². The Bertz CT molecular complexity index is 499. The fourth-order valence-electron chi connectivity index (χ4n) is 1.80. The van der Waals surface area contributed by atoms with Crippen LogP contribution in [0.1, 0.15) is 11.1 Å². The average molecular weight is 245 g/mol. The minimum absolute atomic E-state index is 0.312. The second-order valence-corrected chi connectivity index (χ2v) is 4.04. The van der Waals surface area contributed by atoms with Crippen molar-refractivity contribution in [2.75, 3.05) is 6.54 Å². The summed E-state index contributed by atoms with van der Waals surface area (Å²) in [6, 6.07) is 14.6. The number of para-hydroxylation sites is 1. The van der Waals surface area contributed by atoms with Crippen LogP contribution in [0, 0.1) is 5.82 Å². The van der Waals surface area contributed by atoms with Crippen LogP contribution in [0.4, 0.5) is 4.39 Å². The fourth-order valence-corrected chi connectivity index (χ4v) is 1.80. The van der Waals surface area contributed by atoms with E-state index in [-0.39, 0.29) is 5.82 Å². The Kier molecular flexibility index (Phi) is 4.31. The Labute approximate surface area is 106 Å². The molecule has 0 radical (unpaired) electrons. The van der Waals surface area contributed by atoms with Crippen molar-refractivity contribution in [2.24, 2.45) is 5.73 Å². The van der Waals surface area contributed by atoms with Gasteiger partial charge in [0.1, 0.15) is 6.61 Å². The molecule has 0 spiro atoms. The topological polar surface area (TPSA) is 35.2 Å². The SMILES string of the molecule is NCCc1cccc(F)c1OCc1ccccc1. The van der Waals surface area contributed by atoms with E-state index in [1.165, 1.54) is 6.07 Å². The Morgan fingerprint density at radius 1 is 1.00 bits per heavy atom. The molecule has 0 saturated heterocycles. The Hall–Kier alpha value is -1.87. The monoisotopic (exact) mass is 245 g/mol. The summed E-state index contributed by atoms with van der Waals surface area (Å²) in [7, 11) is 0. The number of nitrogens with two attached hydrogens (primary N) is 1. The molecule has 0 aliphatic heterocycles. The Morgan fingerprint density at radius 2 is 1.78 bits per heavy atom.